The number of carbonyl (C=O) groups is 2. The number of esters is 2. The second-order valence-electron chi connectivity index (χ2n) is 5.48. The molecule has 2 aliphatic rings. The number of hydrogen-bond donors (Lipinski definition) is 0. The van der Waals surface area contributed by atoms with Gasteiger partial charge in [0.1, 0.15) is 12.7 Å². The largest absolute Gasteiger partial charge is 0.460 e. The smallest absolute Gasteiger partial charge is 0.331 e. The van der Waals surface area contributed by atoms with Crippen LogP contribution in [0.2, 0.25) is 0 Å². The van der Waals surface area contributed by atoms with Crippen LogP contribution in [0.25, 0.3) is 0 Å². The first-order valence-corrected chi connectivity index (χ1v) is 6.89. The van der Waals surface area contributed by atoms with E-state index in [1.54, 1.807) is 0 Å². The Morgan fingerprint density at radius 2 is 2.15 bits per heavy atom. The number of hydrogen-bond acceptors (Lipinski definition) is 5. The minimum atomic E-state index is -0.327. The van der Waals surface area contributed by atoms with E-state index in [0.717, 1.165) is 30.7 Å². The maximum Gasteiger partial charge on any atom is 0.331 e. The quantitative estimate of drug-likeness (QED) is 0.443. The molecule has 1 fully saturated rings. The molecule has 5 heteroatoms. The number of allylic oxidation sites excluding steroid dienone is 1. The molecule has 2 atom stereocenters. The van der Waals surface area contributed by atoms with Crippen molar-refractivity contribution in [2.45, 2.75) is 39.3 Å². The lowest BCUT2D eigenvalue weighted by molar-refractivity contribution is -0.147. The Balaban J connectivity index is 1.93. The molecule has 0 saturated carbocycles. The fourth-order valence-corrected chi connectivity index (χ4v) is 2.77. The van der Waals surface area contributed by atoms with Crippen LogP contribution in [0.3, 0.4) is 0 Å². The highest BCUT2D eigenvalue weighted by molar-refractivity contribution is 5.82. The summed E-state index contributed by atoms with van der Waals surface area (Å²) in [6, 6.07) is 0.0680. The molecule has 0 aromatic heterocycles. The molecule has 2 rings (SSSR count). The summed E-state index contributed by atoms with van der Waals surface area (Å²) in [6.07, 6.45) is 4.26. The number of nitrogens with zero attached hydrogens (tertiary/aromatic N) is 1. The molecule has 2 heterocycles. The van der Waals surface area contributed by atoms with Gasteiger partial charge < -0.3 is 9.47 Å². The molecule has 0 bridgehead atoms. The normalized spacial score (nSPS) is 24.9. The van der Waals surface area contributed by atoms with Gasteiger partial charge in [-0.2, -0.15) is 0 Å². The lowest BCUT2D eigenvalue weighted by Gasteiger charge is -2.23. The highest BCUT2D eigenvalue weighted by Crippen LogP contribution is 2.31. The van der Waals surface area contributed by atoms with Crippen molar-refractivity contribution in [3.63, 3.8) is 0 Å². The van der Waals surface area contributed by atoms with Crippen molar-refractivity contribution in [3.05, 3.63) is 23.3 Å². The van der Waals surface area contributed by atoms with Gasteiger partial charge in [0, 0.05) is 26.1 Å². The van der Waals surface area contributed by atoms with Crippen molar-refractivity contribution in [2.24, 2.45) is 0 Å². The molecule has 0 aromatic rings. The van der Waals surface area contributed by atoms with Crippen molar-refractivity contribution < 1.29 is 19.1 Å². The molecule has 0 aromatic carbocycles. The summed E-state index contributed by atoms with van der Waals surface area (Å²) < 4.78 is 10.6. The molecule has 0 amide bonds. The Morgan fingerprint density at radius 1 is 1.40 bits per heavy atom. The fourth-order valence-electron chi connectivity index (χ4n) is 2.77. The molecule has 2 aliphatic heterocycles. The van der Waals surface area contributed by atoms with Crippen LogP contribution < -0.4 is 0 Å². The first-order chi connectivity index (χ1) is 9.47. The highest BCUT2D eigenvalue weighted by Gasteiger charge is 2.41. The first kappa shape index (κ1) is 14.8. The van der Waals surface area contributed by atoms with Crippen molar-refractivity contribution in [1.82, 2.24) is 4.90 Å². The van der Waals surface area contributed by atoms with Gasteiger partial charge in [-0.05, 0) is 25.8 Å². The summed E-state index contributed by atoms with van der Waals surface area (Å²) in [4.78, 5) is 24.9. The zero-order valence-electron chi connectivity index (χ0n) is 12.2. The molecule has 0 unspecified atom stereocenters. The predicted molar refractivity (Wildman–Crippen MR) is 74.0 cm³/mol. The van der Waals surface area contributed by atoms with Crippen molar-refractivity contribution in [3.8, 4) is 0 Å². The van der Waals surface area contributed by atoms with Gasteiger partial charge in [0.05, 0.1) is 6.04 Å². The van der Waals surface area contributed by atoms with E-state index < -0.39 is 0 Å². The summed E-state index contributed by atoms with van der Waals surface area (Å²) in [5.74, 6) is -0.587. The van der Waals surface area contributed by atoms with Crippen LogP contribution in [0.1, 0.15) is 27.2 Å². The van der Waals surface area contributed by atoms with Crippen LogP contribution in [0, 0.1) is 0 Å². The van der Waals surface area contributed by atoms with E-state index in [-0.39, 0.29) is 30.7 Å². The van der Waals surface area contributed by atoms with Gasteiger partial charge in [0.25, 0.3) is 0 Å². The van der Waals surface area contributed by atoms with E-state index in [2.05, 4.69) is 11.0 Å². The van der Waals surface area contributed by atoms with Crippen LogP contribution >= 0.6 is 0 Å². The lowest BCUT2D eigenvalue weighted by Crippen LogP contribution is -2.35. The zero-order valence-corrected chi connectivity index (χ0v) is 12.2. The Bertz CT molecular complexity index is 462. The van der Waals surface area contributed by atoms with E-state index in [9.17, 15) is 9.59 Å². The summed E-state index contributed by atoms with van der Waals surface area (Å²) in [5, 5.41) is 0. The van der Waals surface area contributed by atoms with Gasteiger partial charge in [-0.25, -0.2) is 4.79 Å². The third kappa shape index (κ3) is 3.48. The molecule has 5 nitrogen and oxygen atoms in total. The minimum Gasteiger partial charge on any atom is -0.460 e. The first-order valence-electron chi connectivity index (χ1n) is 6.89. The Labute approximate surface area is 119 Å². The van der Waals surface area contributed by atoms with Crippen LogP contribution in [-0.4, -0.2) is 48.7 Å². The number of fused-ring (bicyclic) bond motifs is 1. The number of ether oxygens (including phenoxy) is 2. The van der Waals surface area contributed by atoms with Crippen LogP contribution in [0.15, 0.2) is 23.3 Å². The zero-order chi connectivity index (χ0) is 14.7. The molecule has 1 saturated heterocycles. The maximum atomic E-state index is 11.5. The van der Waals surface area contributed by atoms with E-state index in [4.69, 9.17) is 9.47 Å². The summed E-state index contributed by atoms with van der Waals surface area (Å²) in [7, 11) is 0. The second-order valence-corrected chi connectivity index (χ2v) is 5.48. The van der Waals surface area contributed by atoms with Crippen LogP contribution in [-0.2, 0) is 19.1 Å². The SMILES string of the molecule is CC(=O)O[C@@H]1CCN2CC=C(COC(=O)C=C(C)C)[C@H]12. The van der Waals surface area contributed by atoms with E-state index in [1.165, 1.54) is 13.0 Å². The van der Waals surface area contributed by atoms with Gasteiger partial charge in [0.15, 0.2) is 0 Å². The molecular weight excluding hydrogens is 258 g/mol. The Hall–Kier alpha value is -1.62. The fraction of sp³-hybridized carbons (Fsp3) is 0.600. The second kappa shape index (κ2) is 6.22. The van der Waals surface area contributed by atoms with Crippen molar-refractivity contribution >= 4 is 11.9 Å². The van der Waals surface area contributed by atoms with Gasteiger partial charge in [-0.3, -0.25) is 9.69 Å². The number of rotatable bonds is 4. The molecule has 0 spiro atoms. The van der Waals surface area contributed by atoms with Crippen LogP contribution in [0.4, 0.5) is 0 Å². The van der Waals surface area contributed by atoms with E-state index in [0.29, 0.717) is 0 Å². The van der Waals surface area contributed by atoms with Gasteiger partial charge in [0.2, 0.25) is 0 Å². The average Bonchev–Trinajstić information content (AvgIpc) is 2.89. The summed E-state index contributed by atoms with van der Waals surface area (Å²) >= 11 is 0. The van der Waals surface area contributed by atoms with E-state index in [1.807, 2.05) is 13.8 Å². The molecule has 0 radical (unpaired) electrons. The number of carbonyl (C=O) groups excluding carboxylic acids is 2. The van der Waals surface area contributed by atoms with Gasteiger partial charge in [-0.1, -0.05) is 11.6 Å². The van der Waals surface area contributed by atoms with Crippen molar-refractivity contribution in [2.75, 3.05) is 19.7 Å². The molecule has 0 N–H and O–H groups in total. The maximum absolute atomic E-state index is 11.5. The predicted octanol–water partition coefficient (Wildman–Crippen LogP) is 1.44. The van der Waals surface area contributed by atoms with Crippen LogP contribution in [0.5, 0.6) is 0 Å². The molecular formula is C15H21NO4. The lowest BCUT2D eigenvalue weighted by atomic mass is 10.1. The third-order valence-corrected chi connectivity index (χ3v) is 3.52. The summed E-state index contributed by atoms with van der Waals surface area (Å²) in [6.45, 7) is 7.14. The monoisotopic (exact) mass is 279 g/mol. The Kier molecular flexibility index (Phi) is 4.60. The third-order valence-electron chi connectivity index (χ3n) is 3.52. The average molecular weight is 279 g/mol. The minimum absolute atomic E-state index is 0.0680. The molecule has 110 valence electrons. The Morgan fingerprint density at radius 3 is 2.80 bits per heavy atom. The van der Waals surface area contributed by atoms with Gasteiger partial charge in [-0.15, -0.1) is 0 Å². The summed E-state index contributed by atoms with van der Waals surface area (Å²) in [5.41, 5.74) is 1.94. The van der Waals surface area contributed by atoms with Gasteiger partial charge >= 0.3 is 11.9 Å². The molecule has 20 heavy (non-hydrogen) atoms. The standard InChI is InChI=1S/C15H21NO4/c1-10(2)8-14(18)19-9-12-4-6-16-7-5-13(15(12)16)20-11(3)17/h4,8,13,15H,5-7,9H2,1-3H3/t13-,15-/m1/s1. The van der Waals surface area contributed by atoms with E-state index >= 15 is 0 Å². The van der Waals surface area contributed by atoms with Crippen molar-refractivity contribution in [1.29, 1.82) is 0 Å². The molecule has 0 aliphatic carbocycles. The highest BCUT2D eigenvalue weighted by atomic mass is 16.5. The topological polar surface area (TPSA) is 55.8 Å².